The average molecular weight is 506 g/mol. The Hall–Kier alpha value is -3.52. The fourth-order valence-corrected chi connectivity index (χ4v) is 4.71. The molecule has 36 heavy (non-hydrogen) atoms. The number of hydrogen-bond acceptors (Lipinski definition) is 8. The predicted molar refractivity (Wildman–Crippen MR) is 121 cm³/mol. The van der Waals surface area contributed by atoms with Crippen LogP contribution in [0.15, 0.2) is 24.4 Å². The molecule has 2 atom stereocenters. The Morgan fingerprint density at radius 3 is 2.81 bits per heavy atom. The maximum atomic E-state index is 15.2. The van der Waals surface area contributed by atoms with Gasteiger partial charge in [0.25, 0.3) is 6.43 Å². The molecule has 2 fully saturated rings. The molecule has 2 aliphatic rings. The summed E-state index contributed by atoms with van der Waals surface area (Å²) in [6, 6.07) is 4.38. The van der Waals surface area contributed by atoms with E-state index in [-0.39, 0.29) is 35.5 Å². The van der Waals surface area contributed by atoms with Gasteiger partial charge in [0.1, 0.15) is 23.7 Å². The lowest BCUT2D eigenvalue weighted by Gasteiger charge is -2.34. The fourth-order valence-electron chi connectivity index (χ4n) is 4.71. The second-order valence-corrected chi connectivity index (χ2v) is 8.87. The first-order chi connectivity index (χ1) is 17.4. The largest absolute Gasteiger partial charge is 0.479 e. The van der Waals surface area contributed by atoms with E-state index in [9.17, 15) is 13.2 Å². The molecule has 0 amide bonds. The van der Waals surface area contributed by atoms with E-state index in [4.69, 9.17) is 9.47 Å². The quantitative estimate of drug-likeness (QED) is 0.382. The van der Waals surface area contributed by atoms with Crippen LogP contribution in [0.4, 0.5) is 23.5 Å². The van der Waals surface area contributed by atoms with Crippen molar-refractivity contribution in [1.29, 1.82) is 0 Å². The minimum Gasteiger partial charge on any atom is -0.479 e. The molecule has 10 nitrogen and oxygen atoms in total. The molecule has 0 radical (unpaired) electrons. The number of hydrogen-bond donors (Lipinski definition) is 1. The Kier molecular flexibility index (Phi) is 5.63. The average Bonchev–Trinajstić information content (AvgIpc) is 3.46. The van der Waals surface area contributed by atoms with Gasteiger partial charge in [-0.2, -0.15) is 4.98 Å². The lowest BCUT2D eigenvalue weighted by Crippen LogP contribution is -2.48. The molecule has 6 rings (SSSR count). The maximum absolute atomic E-state index is 15.2. The van der Waals surface area contributed by atoms with Crippen molar-refractivity contribution in [2.45, 2.75) is 31.2 Å². The van der Waals surface area contributed by atoms with Gasteiger partial charge in [-0.05, 0) is 17.7 Å². The van der Waals surface area contributed by atoms with E-state index in [0.717, 1.165) is 4.68 Å². The highest BCUT2D eigenvalue weighted by atomic mass is 19.3. The van der Waals surface area contributed by atoms with Crippen LogP contribution in [-0.2, 0) is 11.3 Å². The highest BCUT2D eigenvalue weighted by Crippen LogP contribution is 2.35. The van der Waals surface area contributed by atoms with Gasteiger partial charge in [-0.3, -0.25) is 4.90 Å². The number of anilines is 1. The summed E-state index contributed by atoms with van der Waals surface area (Å²) in [7, 11) is 1.39. The number of halogens is 4. The third kappa shape index (κ3) is 3.89. The van der Waals surface area contributed by atoms with Gasteiger partial charge in [-0.1, -0.05) is 11.3 Å². The molecule has 0 spiro atoms. The Morgan fingerprint density at radius 1 is 1.25 bits per heavy atom. The molecule has 2 aliphatic heterocycles. The number of ether oxygens (including phenoxy) is 2. The summed E-state index contributed by atoms with van der Waals surface area (Å²) in [5.74, 6) is -0.453. The minimum atomic E-state index is -2.62. The fraction of sp³-hybridized carbons (Fsp3) is 0.455. The molecular weight excluding hydrogens is 484 g/mol. The molecular formula is C22H22F4N8O2. The molecule has 0 bridgehead atoms. The van der Waals surface area contributed by atoms with Crippen LogP contribution in [0.5, 0.6) is 5.88 Å². The van der Waals surface area contributed by atoms with E-state index in [1.54, 1.807) is 12.1 Å². The number of nitrogens with one attached hydrogen (secondary N) is 1. The summed E-state index contributed by atoms with van der Waals surface area (Å²) >= 11 is 0. The standard InChI is InChI=1S/C22H22F4N8O2/c1-35-21-20-19(11-2-3-15-17(4-11)33(31-29-15)8-18(25)26)14(24)6-34(20)30-22(28-21)27-16-7-32(5-13(16)23)12-9-36-10-12/h2-4,6,12-13,16,18H,5,7-10H2,1H3,(H,27,30)/t13-,16+/m0/s1. The molecule has 1 N–H and O–H groups in total. The number of aromatic nitrogens is 6. The van der Waals surface area contributed by atoms with Gasteiger partial charge >= 0.3 is 0 Å². The number of likely N-dealkylation sites (tertiary alicyclic amines) is 1. The van der Waals surface area contributed by atoms with Crippen molar-refractivity contribution in [3.8, 4) is 17.0 Å². The zero-order valence-electron chi connectivity index (χ0n) is 19.1. The lowest BCUT2D eigenvalue weighted by molar-refractivity contribution is -0.0585. The van der Waals surface area contributed by atoms with Gasteiger partial charge in [-0.25, -0.2) is 26.8 Å². The molecule has 0 unspecified atom stereocenters. The van der Waals surface area contributed by atoms with Crippen molar-refractivity contribution < 1.29 is 27.0 Å². The van der Waals surface area contributed by atoms with Crippen LogP contribution < -0.4 is 10.1 Å². The SMILES string of the molecule is COc1nc(N[C@@H]2CN(C3COC3)C[C@@H]2F)nn2cc(F)c(-c3ccc4nnn(CC(F)F)c4c3)c12. The number of fused-ring (bicyclic) bond motifs is 2. The Morgan fingerprint density at radius 2 is 2.08 bits per heavy atom. The summed E-state index contributed by atoms with van der Waals surface area (Å²) < 4.78 is 68.8. The van der Waals surface area contributed by atoms with Gasteiger partial charge in [0, 0.05) is 13.1 Å². The van der Waals surface area contributed by atoms with Crippen molar-refractivity contribution >= 4 is 22.5 Å². The zero-order chi connectivity index (χ0) is 25.0. The summed E-state index contributed by atoms with van der Waals surface area (Å²) in [5, 5.41) is 15.0. The molecule has 14 heteroatoms. The number of nitrogens with zero attached hydrogens (tertiary/aromatic N) is 7. The lowest BCUT2D eigenvalue weighted by atomic mass is 10.1. The van der Waals surface area contributed by atoms with Gasteiger partial charge in [0.2, 0.25) is 11.8 Å². The third-order valence-corrected chi connectivity index (χ3v) is 6.59. The molecule has 2 saturated heterocycles. The van der Waals surface area contributed by atoms with Crippen molar-refractivity contribution in [1.82, 2.24) is 34.5 Å². The van der Waals surface area contributed by atoms with E-state index >= 15 is 4.39 Å². The van der Waals surface area contributed by atoms with Crippen LogP contribution in [0, 0.1) is 5.82 Å². The van der Waals surface area contributed by atoms with E-state index in [0.29, 0.717) is 36.4 Å². The molecule has 4 aromatic rings. The first-order valence-corrected chi connectivity index (χ1v) is 11.4. The predicted octanol–water partition coefficient (Wildman–Crippen LogP) is 2.39. The maximum Gasteiger partial charge on any atom is 0.258 e. The molecule has 1 aromatic carbocycles. The van der Waals surface area contributed by atoms with Crippen LogP contribution in [0.3, 0.4) is 0 Å². The highest BCUT2D eigenvalue weighted by Gasteiger charge is 2.39. The summed E-state index contributed by atoms with van der Waals surface area (Å²) in [6.07, 6.45) is -2.59. The van der Waals surface area contributed by atoms with E-state index < -0.39 is 31.0 Å². The van der Waals surface area contributed by atoms with Gasteiger partial charge in [-0.15, -0.1) is 10.2 Å². The zero-order valence-corrected chi connectivity index (χ0v) is 19.1. The van der Waals surface area contributed by atoms with E-state index in [1.165, 1.54) is 23.9 Å². The number of benzene rings is 1. The van der Waals surface area contributed by atoms with Gasteiger partial charge in [0.15, 0.2) is 5.82 Å². The first-order valence-electron chi connectivity index (χ1n) is 11.4. The van der Waals surface area contributed by atoms with Crippen LogP contribution in [0.2, 0.25) is 0 Å². The monoisotopic (exact) mass is 506 g/mol. The number of rotatable bonds is 7. The third-order valence-electron chi connectivity index (χ3n) is 6.59. The second-order valence-electron chi connectivity index (χ2n) is 8.87. The Labute approximate surface area is 201 Å². The number of methoxy groups -OCH3 is 1. The van der Waals surface area contributed by atoms with Crippen molar-refractivity contribution in [3.63, 3.8) is 0 Å². The minimum absolute atomic E-state index is 0.0726. The van der Waals surface area contributed by atoms with Gasteiger partial charge in [0.05, 0.1) is 49.7 Å². The summed E-state index contributed by atoms with van der Waals surface area (Å²) in [6.45, 7) is 1.29. The summed E-state index contributed by atoms with van der Waals surface area (Å²) in [4.78, 5) is 6.39. The summed E-state index contributed by atoms with van der Waals surface area (Å²) in [5.41, 5.74) is 1.50. The topological polar surface area (TPSA) is 94.6 Å². The van der Waals surface area contributed by atoms with E-state index in [2.05, 4.69) is 25.7 Å². The van der Waals surface area contributed by atoms with Crippen LogP contribution in [0.25, 0.3) is 27.7 Å². The smallest absolute Gasteiger partial charge is 0.258 e. The molecule has 0 saturated carbocycles. The van der Waals surface area contributed by atoms with Crippen LogP contribution in [-0.4, -0.2) is 92.6 Å². The van der Waals surface area contributed by atoms with Crippen molar-refractivity contribution in [3.05, 3.63) is 30.2 Å². The van der Waals surface area contributed by atoms with Gasteiger partial charge < -0.3 is 14.8 Å². The first kappa shape index (κ1) is 22.9. The Balaban J connectivity index is 1.35. The molecule has 0 aliphatic carbocycles. The van der Waals surface area contributed by atoms with Crippen molar-refractivity contribution in [2.24, 2.45) is 0 Å². The Bertz CT molecular complexity index is 1420. The molecule has 190 valence electrons. The van der Waals surface area contributed by atoms with E-state index in [1.807, 2.05) is 4.90 Å². The van der Waals surface area contributed by atoms with Crippen molar-refractivity contribution in [2.75, 3.05) is 38.7 Å². The molecule has 5 heterocycles. The number of alkyl halides is 3. The normalized spacial score (nSPS) is 21.1. The van der Waals surface area contributed by atoms with Crippen LogP contribution >= 0.6 is 0 Å². The highest BCUT2D eigenvalue weighted by molar-refractivity contribution is 5.89. The molecule has 3 aromatic heterocycles. The second kappa shape index (κ2) is 8.85. The van der Waals surface area contributed by atoms with Crippen LogP contribution in [0.1, 0.15) is 0 Å².